The zero-order valence-electron chi connectivity index (χ0n) is 15.3. The highest BCUT2D eigenvalue weighted by molar-refractivity contribution is 5.85. The van der Waals surface area contributed by atoms with Crippen molar-refractivity contribution < 1.29 is 13.9 Å². The smallest absolute Gasteiger partial charge is 0.223 e. The molecule has 1 N–H and O–H groups in total. The Bertz CT molecular complexity index is 745. The van der Waals surface area contributed by atoms with Crippen LogP contribution < -0.4 is 10.1 Å². The van der Waals surface area contributed by atoms with Gasteiger partial charge < -0.3 is 14.8 Å². The van der Waals surface area contributed by atoms with Crippen LogP contribution in [0.1, 0.15) is 31.4 Å². The molecule has 1 heterocycles. The van der Waals surface area contributed by atoms with E-state index in [1.165, 1.54) is 13.2 Å². The van der Waals surface area contributed by atoms with Crippen LogP contribution in [-0.4, -0.2) is 36.3 Å². The number of hydrogen-bond acceptors (Lipinski definition) is 5. The molecule has 0 spiro atoms. The number of anilines is 1. The summed E-state index contributed by atoms with van der Waals surface area (Å²) in [5.74, 6) is 0.724. The van der Waals surface area contributed by atoms with Crippen molar-refractivity contribution in [3.8, 4) is 16.9 Å². The number of aromatic nitrogens is 2. The molecule has 0 bridgehead atoms. The van der Waals surface area contributed by atoms with Gasteiger partial charge in [0, 0.05) is 36.5 Å². The molecule has 2 atom stereocenters. The molecule has 0 amide bonds. The molecule has 1 aliphatic rings. The van der Waals surface area contributed by atoms with Crippen LogP contribution in [0.2, 0.25) is 0 Å². The number of ether oxygens (including phenoxy) is 2. The fourth-order valence-corrected chi connectivity index (χ4v) is 3.31. The van der Waals surface area contributed by atoms with Gasteiger partial charge in [0.2, 0.25) is 5.95 Å². The fourth-order valence-electron chi connectivity index (χ4n) is 3.31. The highest BCUT2D eigenvalue weighted by atomic mass is 35.5. The summed E-state index contributed by atoms with van der Waals surface area (Å²) in [6.07, 6.45) is 6.23. The second kappa shape index (κ2) is 9.14. The van der Waals surface area contributed by atoms with Crippen LogP contribution in [0.15, 0.2) is 24.4 Å². The first kappa shape index (κ1) is 20.4. The summed E-state index contributed by atoms with van der Waals surface area (Å²) in [5, 5.41) is 3.38. The van der Waals surface area contributed by atoms with Crippen LogP contribution >= 0.6 is 12.4 Å². The lowest BCUT2D eigenvalue weighted by Crippen LogP contribution is -2.31. The zero-order chi connectivity index (χ0) is 17.8. The normalized spacial score (nSPS) is 19.5. The van der Waals surface area contributed by atoms with E-state index in [0.29, 0.717) is 35.0 Å². The minimum Gasteiger partial charge on any atom is -0.497 e. The van der Waals surface area contributed by atoms with Gasteiger partial charge in [-0.25, -0.2) is 14.4 Å². The molecule has 1 saturated carbocycles. The third-order valence-electron chi connectivity index (χ3n) is 4.74. The summed E-state index contributed by atoms with van der Waals surface area (Å²) in [7, 11) is 3.27. The van der Waals surface area contributed by atoms with Gasteiger partial charge in [-0.3, -0.25) is 0 Å². The molecule has 5 nitrogen and oxygen atoms in total. The van der Waals surface area contributed by atoms with Gasteiger partial charge in [-0.05, 0) is 44.7 Å². The molecular weight excluding hydrogens is 357 g/mol. The maximum absolute atomic E-state index is 14.3. The molecule has 1 fully saturated rings. The number of benzene rings is 1. The summed E-state index contributed by atoms with van der Waals surface area (Å²) in [6.45, 7) is 1.87. The van der Waals surface area contributed by atoms with Gasteiger partial charge in [0.25, 0.3) is 0 Å². The lowest BCUT2D eigenvalue weighted by Gasteiger charge is -2.28. The van der Waals surface area contributed by atoms with Gasteiger partial charge in [-0.1, -0.05) is 0 Å². The molecular formula is C19H25ClFN3O2. The largest absolute Gasteiger partial charge is 0.497 e. The molecule has 1 aromatic carbocycles. The minimum atomic E-state index is -0.345. The average Bonchev–Trinajstić information content (AvgIpc) is 2.62. The Kier molecular flexibility index (Phi) is 7.17. The maximum atomic E-state index is 14.3. The second-order valence-electron chi connectivity index (χ2n) is 6.40. The number of methoxy groups -OCH3 is 2. The molecule has 1 aliphatic carbocycles. The highest BCUT2D eigenvalue weighted by Crippen LogP contribution is 2.29. The minimum absolute atomic E-state index is 0. The van der Waals surface area contributed by atoms with E-state index >= 15 is 0 Å². The Hall–Kier alpha value is -1.92. The average molecular weight is 382 g/mol. The molecule has 0 radical (unpaired) electrons. The predicted octanol–water partition coefficient (Wildman–Crippen LogP) is 4.39. The Morgan fingerprint density at radius 2 is 2.00 bits per heavy atom. The van der Waals surface area contributed by atoms with Crippen LogP contribution in [0, 0.1) is 12.7 Å². The van der Waals surface area contributed by atoms with Gasteiger partial charge in [0.15, 0.2) is 0 Å². The summed E-state index contributed by atoms with van der Waals surface area (Å²) in [6, 6.07) is 5.10. The quantitative estimate of drug-likeness (QED) is 0.832. The summed E-state index contributed by atoms with van der Waals surface area (Å²) >= 11 is 0. The number of rotatable bonds is 5. The summed E-state index contributed by atoms with van der Waals surface area (Å²) < 4.78 is 24.8. The first-order valence-corrected chi connectivity index (χ1v) is 8.57. The van der Waals surface area contributed by atoms with Crippen molar-refractivity contribution >= 4 is 18.4 Å². The Labute approximate surface area is 159 Å². The molecule has 0 aliphatic heterocycles. The van der Waals surface area contributed by atoms with Crippen LogP contribution in [0.4, 0.5) is 10.3 Å². The van der Waals surface area contributed by atoms with Crippen molar-refractivity contribution in [2.45, 2.75) is 44.8 Å². The SMILES string of the molecule is COc1ccc(-c2cnc(NC3CCCC(OC)C3)nc2C)c(F)c1.Cl. The molecule has 7 heteroatoms. The van der Waals surface area contributed by atoms with E-state index in [0.717, 1.165) is 31.4 Å². The number of hydrogen-bond donors (Lipinski definition) is 1. The summed E-state index contributed by atoms with van der Waals surface area (Å²) in [5.41, 5.74) is 1.90. The number of nitrogens with zero attached hydrogens (tertiary/aromatic N) is 2. The number of nitrogens with one attached hydrogen (secondary N) is 1. The fraction of sp³-hybridized carbons (Fsp3) is 0.474. The third kappa shape index (κ3) is 4.62. The lowest BCUT2D eigenvalue weighted by molar-refractivity contribution is 0.0668. The third-order valence-corrected chi connectivity index (χ3v) is 4.74. The van der Waals surface area contributed by atoms with Crippen molar-refractivity contribution in [1.82, 2.24) is 9.97 Å². The van der Waals surface area contributed by atoms with E-state index in [9.17, 15) is 4.39 Å². The predicted molar refractivity (Wildman–Crippen MR) is 103 cm³/mol. The first-order valence-electron chi connectivity index (χ1n) is 8.57. The van der Waals surface area contributed by atoms with E-state index in [1.807, 2.05) is 6.92 Å². The molecule has 26 heavy (non-hydrogen) atoms. The standard InChI is InChI=1S/C19H24FN3O2.ClH/c1-12-17(16-8-7-15(25-3)10-18(16)20)11-21-19(22-12)23-13-5-4-6-14(9-13)24-2;/h7-8,10-11,13-14H,4-6,9H2,1-3H3,(H,21,22,23);1H. The maximum Gasteiger partial charge on any atom is 0.223 e. The van der Waals surface area contributed by atoms with Crippen molar-refractivity contribution in [1.29, 1.82) is 0 Å². The molecule has 1 aromatic heterocycles. The Morgan fingerprint density at radius 1 is 1.19 bits per heavy atom. The monoisotopic (exact) mass is 381 g/mol. The van der Waals surface area contributed by atoms with E-state index in [1.54, 1.807) is 25.4 Å². The number of halogens is 2. The van der Waals surface area contributed by atoms with Crippen molar-refractivity contribution in [2.75, 3.05) is 19.5 Å². The topological polar surface area (TPSA) is 56.3 Å². The first-order chi connectivity index (χ1) is 12.1. The van der Waals surface area contributed by atoms with Crippen LogP contribution in [0.25, 0.3) is 11.1 Å². The molecule has 3 rings (SSSR count). The second-order valence-corrected chi connectivity index (χ2v) is 6.40. The van der Waals surface area contributed by atoms with Gasteiger partial charge in [-0.15, -0.1) is 12.4 Å². The van der Waals surface area contributed by atoms with Gasteiger partial charge in [0.05, 0.1) is 18.9 Å². The van der Waals surface area contributed by atoms with Crippen molar-refractivity contribution in [3.63, 3.8) is 0 Å². The van der Waals surface area contributed by atoms with Gasteiger partial charge in [0.1, 0.15) is 11.6 Å². The van der Waals surface area contributed by atoms with E-state index in [4.69, 9.17) is 9.47 Å². The van der Waals surface area contributed by atoms with Crippen molar-refractivity contribution in [2.24, 2.45) is 0 Å². The lowest BCUT2D eigenvalue weighted by atomic mass is 9.93. The van der Waals surface area contributed by atoms with E-state index < -0.39 is 0 Å². The van der Waals surface area contributed by atoms with Crippen LogP contribution in [0.5, 0.6) is 5.75 Å². The molecule has 2 aromatic rings. The highest BCUT2D eigenvalue weighted by Gasteiger charge is 2.22. The van der Waals surface area contributed by atoms with Crippen LogP contribution in [-0.2, 0) is 4.74 Å². The Balaban J connectivity index is 0.00000243. The molecule has 2 unspecified atom stereocenters. The van der Waals surface area contributed by atoms with Crippen LogP contribution in [0.3, 0.4) is 0 Å². The molecule has 142 valence electrons. The summed E-state index contributed by atoms with van der Waals surface area (Å²) in [4.78, 5) is 8.90. The number of aryl methyl sites for hydroxylation is 1. The van der Waals surface area contributed by atoms with E-state index in [-0.39, 0.29) is 18.2 Å². The zero-order valence-corrected chi connectivity index (χ0v) is 16.1. The Morgan fingerprint density at radius 3 is 2.65 bits per heavy atom. The molecule has 0 saturated heterocycles. The van der Waals surface area contributed by atoms with E-state index in [2.05, 4.69) is 15.3 Å². The van der Waals surface area contributed by atoms with Gasteiger partial charge >= 0.3 is 0 Å². The van der Waals surface area contributed by atoms with Gasteiger partial charge in [-0.2, -0.15) is 0 Å². The van der Waals surface area contributed by atoms with Crippen molar-refractivity contribution in [3.05, 3.63) is 35.9 Å².